The van der Waals surface area contributed by atoms with Crippen LogP contribution in [0.4, 0.5) is 0 Å². The van der Waals surface area contributed by atoms with Gasteiger partial charge in [0.1, 0.15) is 0 Å². The molecule has 1 saturated carbocycles. The van der Waals surface area contributed by atoms with Crippen LogP contribution in [0.3, 0.4) is 0 Å². The lowest BCUT2D eigenvalue weighted by Crippen LogP contribution is -2.56. The highest BCUT2D eigenvalue weighted by Crippen LogP contribution is 2.27. The maximum atomic E-state index is 9.66. The van der Waals surface area contributed by atoms with E-state index in [1.807, 2.05) is 0 Å². The van der Waals surface area contributed by atoms with Gasteiger partial charge in [-0.05, 0) is 45.1 Å². The lowest BCUT2D eigenvalue weighted by molar-refractivity contribution is 0.0997. The number of hydrogen-bond donors (Lipinski definition) is 2. The van der Waals surface area contributed by atoms with E-state index in [4.69, 9.17) is 0 Å². The molecule has 0 bridgehead atoms. The number of hydrogen-bond acceptors (Lipinski definition) is 3. The standard InChI is InChI=1S/C14H28N2O/c1-11(2)13-5-4-8-16(13)9-14(3,10-17)15-12-6-7-12/h11-13,15,17H,4-10H2,1-3H3. The van der Waals surface area contributed by atoms with Crippen LogP contribution in [0.5, 0.6) is 0 Å². The average molecular weight is 240 g/mol. The van der Waals surface area contributed by atoms with Crippen molar-refractivity contribution in [3.63, 3.8) is 0 Å². The van der Waals surface area contributed by atoms with Crippen LogP contribution < -0.4 is 5.32 Å². The van der Waals surface area contributed by atoms with E-state index in [1.54, 1.807) is 0 Å². The number of nitrogens with one attached hydrogen (secondary N) is 1. The second kappa shape index (κ2) is 5.25. The Labute approximate surface area is 106 Å². The van der Waals surface area contributed by atoms with Crippen molar-refractivity contribution < 1.29 is 5.11 Å². The minimum Gasteiger partial charge on any atom is -0.394 e. The molecule has 1 saturated heterocycles. The Kier molecular flexibility index (Phi) is 4.11. The Morgan fingerprint density at radius 2 is 2.06 bits per heavy atom. The van der Waals surface area contributed by atoms with Crippen molar-refractivity contribution in [2.75, 3.05) is 19.7 Å². The molecule has 1 heterocycles. The van der Waals surface area contributed by atoms with Crippen LogP contribution in [-0.4, -0.2) is 47.3 Å². The molecule has 100 valence electrons. The molecule has 1 aliphatic carbocycles. The molecule has 0 amide bonds. The third kappa shape index (κ3) is 3.43. The first-order valence-corrected chi connectivity index (χ1v) is 7.17. The number of nitrogens with zero attached hydrogens (tertiary/aromatic N) is 1. The van der Waals surface area contributed by atoms with E-state index in [-0.39, 0.29) is 12.1 Å². The average Bonchev–Trinajstić information content (AvgIpc) is 2.94. The molecule has 2 atom stereocenters. The topological polar surface area (TPSA) is 35.5 Å². The van der Waals surface area contributed by atoms with Crippen LogP contribution in [-0.2, 0) is 0 Å². The maximum absolute atomic E-state index is 9.66. The largest absolute Gasteiger partial charge is 0.394 e. The van der Waals surface area contributed by atoms with Crippen molar-refractivity contribution in [2.24, 2.45) is 5.92 Å². The summed E-state index contributed by atoms with van der Waals surface area (Å²) >= 11 is 0. The number of rotatable bonds is 6. The van der Waals surface area contributed by atoms with Crippen LogP contribution in [0.2, 0.25) is 0 Å². The lowest BCUT2D eigenvalue weighted by atomic mass is 9.98. The zero-order valence-corrected chi connectivity index (χ0v) is 11.6. The first-order chi connectivity index (χ1) is 8.04. The second-order valence-electron chi connectivity index (χ2n) is 6.56. The molecular weight excluding hydrogens is 212 g/mol. The molecule has 0 aromatic heterocycles. The van der Waals surface area contributed by atoms with Crippen LogP contribution in [0.15, 0.2) is 0 Å². The van der Waals surface area contributed by atoms with Gasteiger partial charge in [-0.25, -0.2) is 0 Å². The highest BCUT2D eigenvalue weighted by molar-refractivity contribution is 4.96. The Bertz CT molecular complexity index is 253. The van der Waals surface area contributed by atoms with Gasteiger partial charge in [0, 0.05) is 18.6 Å². The summed E-state index contributed by atoms with van der Waals surface area (Å²) in [7, 11) is 0. The summed E-state index contributed by atoms with van der Waals surface area (Å²) in [6.45, 7) is 9.22. The van der Waals surface area contributed by atoms with Gasteiger partial charge in [0.15, 0.2) is 0 Å². The molecular formula is C14H28N2O. The highest BCUT2D eigenvalue weighted by Gasteiger charge is 2.36. The normalized spacial score (nSPS) is 29.8. The SMILES string of the molecule is CC(C)C1CCCN1CC(C)(CO)NC1CC1. The van der Waals surface area contributed by atoms with Crippen LogP contribution in [0.1, 0.15) is 46.5 Å². The Morgan fingerprint density at radius 3 is 2.59 bits per heavy atom. The third-order valence-electron chi connectivity index (χ3n) is 4.21. The van der Waals surface area contributed by atoms with Gasteiger partial charge in [0.05, 0.1) is 12.1 Å². The zero-order valence-electron chi connectivity index (χ0n) is 11.6. The first-order valence-electron chi connectivity index (χ1n) is 7.17. The van der Waals surface area contributed by atoms with Crippen LogP contribution in [0, 0.1) is 5.92 Å². The van der Waals surface area contributed by atoms with Gasteiger partial charge in [0.2, 0.25) is 0 Å². The fourth-order valence-electron chi connectivity index (χ4n) is 3.11. The summed E-state index contributed by atoms with van der Waals surface area (Å²) in [4.78, 5) is 2.58. The van der Waals surface area contributed by atoms with Crippen molar-refractivity contribution in [3.8, 4) is 0 Å². The summed E-state index contributed by atoms with van der Waals surface area (Å²) in [6.07, 6.45) is 5.20. The summed E-state index contributed by atoms with van der Waals surface area (Å²) in [5, 5.41) is 13.3. The van der Waals surface area contributed by atoms with Crippen LogP contribution >= 0.6 is 0 Å². The molecule has 0 aromatic carbocycles. The van der Waals surface area contributed by atoms with Gasteiger partial charge in [-0.3, -0.25) is 4.90 Å². The van der Waals surface area contributed by atoms with E-state index < -0.39 is 0 Å². The van der Waals surface area contributed by atoms with E-state index in [9.17, 15) is 5.11 Å². The molecule has 2 rings (SSSR count). The third-order valence-corrected chi connectivity index (χ3v) is 4.21. The van der Waals surface area contributed by atoms with Gasteiger partial charge in [0.25, 0.3) is 0 Å². The summed E-state index contributed by atoms with van der Waals surface area (Å²) in [5.74, 6) is 0.723. The molecule has 2 aliphatic rings. The van der Waals surface area contributed by atoms with Crippen molar-refractivity contribution >= 4 is 0 Å². The van der Waals surface area contributed by atoms with E-state index in [2.05, 4.69) is 31.0 Å². The van der Waals surface area contributed by atoms with Crippen molar-refractivity contribution in [1.82, 2.24) is 10.2 Å². The molecule has 2 fully saturated rings. The predicted molar refractivity (Wildman–Crippen MR) is 71.1 cm³/mol. The van der Waals surface area contributed by atoms with Gasteiger partial charge in [-0.2, -0.15) is 0 Å². The number of aliphatic hydroxyl groups is 1. The van der Waals surface area contributed by atoms with Gasteiger partial charge in [-0.1, -0.05) is 13.8 Å². The minimum atomic E-state index is -0.112. The Balaban J connectivity index is 1.92. The molecule has 0 radical (unpaired) electrons. The molecule has 2 N–H and O–H groups in total. The predicted octanol–water partition coefficient (Wildman–Crippen LogP) is 1.61. The van der Waals surface area contributed by atoms with E-state index in [1.165, 1.54) is 32.2 Å². The molecule has 17 heavy (non-hydrogen) atoms. The van der Waals surface area contributed by atoms with Gasteiger partial charge < -0.3 is 10.4 Å². The first kappa shape index (κ1) is 13.3. The van der Waals surface area contributed by atoms with E-state index in [0.29, 0.717) is 12.1 Å². The fourth-order valence-corrected chi connectivity index (χ4v) is 3.11. The summed E-state index contributed by atoms with van der Waals surface area (Å²) in [5.41, 5.74) is -0.112. The monoisotopic (exact) mass is 240 g/mol. The number of likely N-dealkylation sites (tertiary alicyclic amines) is 1. The Hall–Kier alpha value is -0.120. The van der Waals surface area contributed by atoms with Gasteiger partial charge >= 0.3 is 0 Å². The molecule has 1 aliphatic heterocycles. The molecule has 2 unspecified atom stereocenters. The van der Waals surface area contributed by atoms with Crippen molar-refractivity contribution in [3.05, 3.63) is 0 Å². The summed E-state index contributed by atoms with van der Waals surface area (Å²) in [6, 6.07) is 1.37. The molecule has 3 heteroatoms. The van der Waals surface area contributed by atoms with Gasteiger partial charge in [-0.15, -0.1) is 0 Å². The van der Waals surface area contributed by atoms with Crippen molar-refractivity contribution in [2.45, 2.75) is 64.1 Å². The van der Waals surface area contributed by atoms with E-state index >= 15 is 0 Å². The smallest absolute Gasteiger partial charge is 0.0623 e. The number of aliphatic hydroxyl groups excluding tert-OH is 1. The molecule has 3 nitrogen and oxygen atoms in total. The van der Waals surface area contributed by atoms with E-state index in [0.717, 1.165) is 12.5 Å². The van der Waals surface area contributed by atoms with Crippen LogP contribution in [0.25, 0.3) is 0 Å². The lowest BCUT2D eigenvalue weighted by Gasteiger charge is -2.37. The fraction of sp³-hybridized carbons (Fsp3) is 1.00. The molecule has 0 spiro atoms. The highest BCUT2D eigenvalue weighted by atomic mass is 16.3. The minimum absolute atomic E-state index is 0.112. The second-order valence-corrected chi connectivity index (χ2v) is 6.56. The summed E-state index contributed by atoms with van der Waals surface area (Å²) < 4.78 is 0. The maximum Gasteiger partial charge on any atom is 0.0623 e. The zero-order chi connectivity index (χ0) is 12.5. The van der Waals surface area contributed by atoms with Crippen molar-refractivity contribution in [1.29, 1.82) is 0 Å². The molecule has 0 aromatic rings. The quantitative estimate of drug-likeness (QED) is 0.740. The Morgan fingerprint density at radius 1 is 1.35 bits per heavy atom.